The normalized spacial score (nSPS) is 29.1. The molecule has 0 aromatic carbocycles. The molecule has 1 heterocycles. The molecule has 2 aliphatic rings. The quantitative estimate of drug-likeness (QED) is 0.520. The summed E-state index contributed by atoms with van der Waals surface area (Å²) in [5, 5.41) is 7.67. The van der Waals surface area contributed by atoms with Crippen LogP contribution in [0.2, 0.25) is 0 Å². The molecule has 0 amide bonds. The fourth-order valence-corrected chi connectivity index (χ4v) is 1.01. The Kier molecular flexibility index (Phi) is 1.06. The molecule has 2 rings (SSSR count). The van der Waals surface area contributed by atoms with E-state index >= 15 is 0 Å². The van der Waals surface area contributed by atoms with Crippen molar-refractivity contribution in [1.29, 1.82) is 0 Å². The van der Waals surface area contributed by atoms with Crippen LogP contribution in [-0.4, -0.2) is 11.7 Å². The second-order valence-corrected chi connectivity index (χ2v) is 2.35. The monoisotopic (exact) mass is 133 g/mol. The molecule has 0 unspecified atom stereocenters. The lowest BCUT2D eigenvalue weighted by molar-refractivity contribution is 0.303. The lowest BCUT2D eigenvalue weighted by Crippen LogP contribution is -2.42. The first-order valence-electron chi connectivity index (χ1n) is 2.50. The molecule has 4 heteroatoms. The molecule has 8 heavy (non-hydrogen) atoms. The van der Waals surface area contributed by atoms with Gasteiger partial charge in [0.25, 0.3) is 0 Å². The molecule has 0 atom stereocenters. The Hall–Kier alpha value is -0.150. The lowest BCUT2D eigenvalue weighted by Gasteiger charge is -2.26. The van der Waals surface area contributed by atoms with Crippen LogP contribution in [0.3, 0.4) is 0 Å². The van der Waals surface area contributed by atoms with Crippen LogP contribution in [0.15, 0.2) is 10.2 Å². The molecule has 0 radical (unpaired) electrons. The highest BCUT2D eigenvalue weighted by atomic mass is 35.5. The van der Waals surface area contributed by atoms with Crippen molar-refractivity contribution in [3.63, 3.8) is 0 Å². The summed E-state index contributed by atoms with van der Waals surface area (Å²) in [6, 6.07) is 0.384. The Morgan fingerprint density at radius 2 is 1.88 bits per heavy atom. The zero-order valence-electron chi connectivity index (χ0n) is 4.37. The summed E-state index contributed by atoms with van der Waals surface area (Å²) in [6.45, 7) is 0. The molecule has 1 saturated carbocycles. The van der Waals surface area contributed by atoms with E-state index in [0.29, 0.717) is 6.04 Å². The molecule has 0 aromatic rings. The van der Waals surface area contributed by atoms with Gasteiger partial charge in [0.1, 0.15) is 0 Å². The SMILES string of the molecule is Cl.NC1CC2(C1)N=N2. The standard InChI is InChI=1S/C4H7N3.ClH/c5-3-1-4(2-3)6-7-4;/h3H,1-2,5H2;1H. The number of rotatable bonds is 0. The summed E-state index contributed by atoms with van der Waals surface area (Å²) >= 11 is 0. The fourth-order valence-electron chi connectivity index (χ4n) is 1.01. The Morgan fingerprint density at radius 3 is 2.00 bits per heavy atom. The van der Waals surface area contributed by atoms with Crippen LogP contribution in [0, 0.1) is 0 Å². The van der Waals surface area contributed by atoms with Gasteiger partial charge in [-0.15, -0.1) is 12.4 Å². The van der Waals surface area contributed by atoms with E-state index in [4.69, 9.17) is 5.73 Å². The number of nitrogens with two attached hydrogens (primary N) is 1. The predicted molar refractivity (Wildman–Crippen MR) is 32.0 cm³/mol. The van der Waals surface area contributed by atoms with E-state index in [1.54, 1.807) is 0 Å². The van der Waals surface area contributed by atoms with Crippen molar-refractivity contribution in [2.45, 2.75) is 24.5 Å². The summed E-state index contributed by atoms with van der Waals surface area (Å²) in [5.41, 5.74) is 5.54. The molecular formula is C4H8ClN3. The zero-order chi connectivity index (χ0) is 4.91. The van der Waals surface area contributed by atoms with Gasteiger partial charge >= 0.3 is 0 Å². The van der Waals surface area contributed by atoms with Crippen molar-refractivity contribution in [3.8, 4) is 0 Å². The van der Waals surface area contributed by atoms with Crippen LogP contribution in [0.25, 0.3) is 0 Å². The number of nitrogens with zero attached hydrogens (tertiary/aromatic N) is 2. The molecule has 1 aliphatic heterocycles. The maximum atomic E-state index is 5.47. The maximum absolute atomic E-state index is 5.47. The lowest BCUT2D eigenvalue weighted by atomic mass is 9.84. The summed E-state index contributed by atoms with van der Waals surface area (Å²) in [4.78, 5) is 0. The second kappa shape index (κ2) is 1.42. The highest BCUT2D eigenvalue weighted by Crippen LogP contribution is 2.45. The van der Waals surface area contributed by atoms with Crippen molar-refractivity contribution in [3.05, 3.63) is 0 Å². The van der Waals surface area contributed by atoms with Gasteiger partial charge in [-0.25, -0.2) is 0 Å². The van der Waals surface area contributed by atoms with E-state index in [0.717, 1.165) is 12.8 Å². The topological polar surface area (TPSA) is 50.7 Å². The van der Waals surface area contributed by atoms with Crippen molar-refractivity contribution in [1.82, 2.24) is 0 Å². The average Bonchev–Trinajstić information content (AvgIpc) is 2.14. The first-order valence-corrected chi connectivity index (χ1v) is 2.50. The Balaban J connectivity index is 0.000000320. The zero-order valence-corrected chi connectivity index (χ0v) is 5.19. The molecule has 0 saturated heterocycles. The number of hydrogen-bond donors (Lipinski definition) is 1. The summed E-state index contributed by atoms with van der Waals surface area (Å²) in [6.07, 6.45) is 1.99. The van der Waals surface area contributed by atoms with Gasteiger partial charge in [-0.2, -0.15) is 10.2 Å². The first kappa shape index (κ1) is 5.98. The van der Waals surface area contributed by atoms with Crippen LogP contribution in [0.5, 0.6) is 0 Å². The third-order valence-corrected chi connectivity index (χ3v) is 1.56. The first-order chi connectivity index (χ1) is 3.31. The van der Waals surface area contributed by atoms with Crippen LogP contribution >= 0.6 is 12.4 Å². The van der Waals surface area contributed by atoms with Crippen molar-refractivity contribution in [2.75, 3.05) is 0 Å². The molecule has 0 aromatic heterocycles. The molecule has 1 fully saturated rings. The molecule has 1 aliphatic carbocycles. The van der Waals surface area contributed by atoms with E-state index in [1.807, 2.05) is 0 Å². The number of halogens is 1. The van der Waals surface area contributed by atoms with Crippen LogP contribution in [0.1, 0.15) is 12.8 Å². The Bertz CT molecular complexity index is 119. The molecule has 3 nitrogen and oxygen atoms in total. The van der Waals surface area contributed by atoms with E-state index in [-0.39, 0.29) is 18.1 Å². The largest absolute Gasteiger partial charge is 0.327 e. The Morgan fingerprint density at radius 1 is 1.38 bits per heavy atom. The highest BCUT2D eigenvalue weighted by Gasteiger charge is 2.51. The summed E-state index contributed by atoms with van der Waals surface area (Å²) in [7, 11) is 0. The fraction of sp³-hybridized carbons (Fsp3) is 1.00. The molecule has 2 N–H and O–H groups in total. The van der Waals surface area contributed by atoms with E-state index in [9.17, 15) is 0 Å². The minimum Gasteiger partial charge on any atom is -0.327 e. The Labute approximate surface area is 53.8 Å². The van der Waals surface area contributed by atoms with Crippen LogP contribution < -0.4 is 5.73 Å². The van der Waals surface area contributed by atoms with E-state index in [2.05, 4.69) is 10.2 Å². The van der Waals surface area contributed by atoms with E-state index in [1.165, 1.54) is 0 Å². The number of hydrogen-bond acceptors (Lipinski definition) is 3. The third-order valence-electron chi connectivity index (χ3n) is 1.56. The van der Waals surface area contributed by atoms with Crippen LogP contribution in [-0.2, 0) is 0 Å². The molecule has 1 spiro atoms. The van der Waals surface area contributed by atoms with Gasteiger partial charge in [0.05, 0.1) is 0 Å². The highest BCUT2D eigenvalue weighted by molar-refractivity contribution is 5.85. The van der Waals surface area contributed by atoms with Gasteiger partial charge in [0, 0.05) is 18.9 Å². The molecular weight excluding hydrogens is 126 g/mol. The van der Waals surface area contributed by atoms with Gasteiger partial charge < -0.3 is 5.73 Å². The van der Waals surface area contributed by atoms with Gasteiger partial charge in [-0.05, 0) is 0 Å². The third kappa shape index (κ3) is 0.624. The predicted octanol–water partition coefficient (Wildman–Crippen LogP) is 0.691. The van der Waals surface area contributed by atoms with Gasteiger partial charge in [-0.1, -0.05) is 0 Å². The van der Waals surface area contributed by atoms with Crippen LogP contribution in [0.4, 0.5) is 0 Å². The van der Waals surface area contributed by atoms with Crippen molar-refractivity contribution >= 4 is 12.4 Å². The smallest absolute Gasteiger partial charge is 0.193 e. The average molecular weight is 134 g/mol. The van der Waals surface area contributed by atoms with Gasteiger partial charge in [0.2, 0.25) is 0 Å². The summed E-state index contributed by atoms with van der Waals surface area (Å²) < 4.78 is 0. The maximum Gasteiger partial charge on any atom is 0.193 e. The minimum atomic E-state index is 0. The van der Waals surface area contributed by atoms with Gasteiger partial charge in [-0.3, -0.25) is 0 Å². The van der Waals surface area contributed by atoms with Crippen molar-refractivity contribution < 1.29 is 0 Å². The van der Waals surface area contributed by atoms with Gasteiger partial charge in [0.15, 0.2) is 5.66 Å². The minimum absolute atomic E-state index is 0. The second-order valence-electron chi connectivity index (χ2n) is 2.35. The van der Waals surface area contributed by atoms with Crippen molar-refractivity contribution in [2.24, 2.45) is 16.0 Å². The van der Waals surface area contributed by atoms with E-state index < -0.39 is 0 Å². The molecule has 46 valence electrons. The molecule has 0 bridgehead atoms. The summed E-state index contributed by atoms with van der Waals surface area (Å²) in [5.74, 6) is 0.